The number of amides is 2. The first-order chi connectivity index (χ1) is 19.3. The minimum absolute atomic E-state index is 0.166. The first-order valence-electron chi connectivity index (χ1n) is 13.0. The van der Waals surface area contributed by atoms with Crippen LogP contribution in [0, 0.1) is 5.82 Å². The Labute approximate surface area is 237 Å². The van der Waals surface area contributed by atoms with Crippen LogP contribution < -0.4 is 15.0 Å². The number of halogens is 1. The Balaban J connectivity index is 1.54. The Kier molecular flexibility index (Phi) is 9.44. The molecule has 1 heterocycles. The van der Waals surface area contributed by atoms with E-state index in [1.54, 1.807) is 78.6 Å². The molecular weight excluding hydrogens is 533 g/mol. The zero-order chi connectivity index (χ0) is 28.6. The minimum atomic E-state index is -0.897. The number of hydrogen-bond donors (Lipinski definition) is 1. The molecule has 40 heavy (non-hydrogen) atoms. The van der Waals surface area contributed by atoms with Gasteiger partial charge in [0, 0.05) is 12.2 Å². The molecule has 3 aromatic carbocycles. The summed E-state index contributed by atoms with van der Waals surface area (Å²) < 4.78 is 24.8. The summed E-state index contributed by atoms with van der Waals surface area (Å²) in [4.78, 5) is 41.8. The molecule has 1 unspecified atom stereocenters. The van der Waals surface area contributed by atoms with Gasteiger partial charge in [0.25, 0.3) is 5.91 Å². The van der Waals surface area contributed by atoms with Gasteiger partial charge in [-0.15, -0.1) is 0 Å². The monoisotopic (exact) mass is 563 g/mol. The van der Waals surface area contributed by atoms with Crippen molar-refractivity contribution in [3.05, 3.63) is 89.7 Å². The fraction of sp³-hybridized carbons (Fsp3) is 0.267. The van der Waals surface area contributed by atoms with Gasteiger partial charge in [-0.05, 0) is 92.6 Å². The van der Waals surface area contributed by atoms with Crippen LogP contribution in [0.3, 0.4) is 0 Å². The number of anilines is 2. The van der Waals surface area contributed by atoms with Crippen molar-refractivity contribution >= 4 is 46.5 Å². The van der Waals surface area contributed by atoms with E-state index in [0.717, 1.165) is 0 Å². The Morgan fingerprint density at radius 1 is 0.975 bits per heavy atom. The molecule has 1 aliphatic rings. The Hall–Kier alpha value is -4.31. The van der Waals surface area contributed by atoms with Crippen LogP contribution >= 0.6 is 12.2 Å². The first kappa shape index (κ1) is 28.7. The standard InChI is InChI=1S/C30H30FN3O5S/c1-3-38-24-15-11-22(12-16-24)32-27(35)19-26-28(36)34(23-13-9-21(10-14-23)29(37)39-4-2)30(40)33(26)18-17-20-7-5-6-8-25(20)31/h5-16,26H,3-4,17-19H2,1-2H3,(H,32,35). The zero-order valence-electron chi connectivity index (χ0n) is 22.3. The highest BCUT2D eigenvalue weighted by atomic mass is 32.1. The van der Waals surface area contributed by atoms with Crippen LogP contribution in [-0.2, 0) is 20.7 Å². The van der Waals surface area contributed by atoms with Crippen molar-refractivity contribution < 1.29 is 28.2 Å². The number of esters is 1. The summed E-state index contributed by atoms with van der Waals surface area (Å²) >= 11 is 5.69. The summed E-state index contributed by atoms with van der Waals surface area (Å²) in [6.45, 7) is 4.60. The molecule has 1 aliphatic heterocycles. The fourth-order valence-corrected chi connectivity index (χ4v) is 4.83. The molecule has 1 fully saturated rings. The molecule has 1 atom stereocenters. The van der Waals surface area contributed by atoms with Gasteiger partial charge in [0.2, 0.25) is 5.91 Å². The van der Waals surface area contributed by atoms with Gasteiger partial charge in [-0.3, -0.25) is 14.5 Å². The van der Waals surface area contributed by atoms with E-state index in [0.29, 0.717) is 34.9 Å². The summed E-state index contributed by atoms with van der Waals surface area (Å²) in [6, 6.07) is 18.8. The molecule has 0 aromatic heterocycles. The maximum atomic E-state index is 14.3. The second kappa shape index (κ2) is 13.2. The number of thiocarbonyl (C=S) groups is 1. The highest BCUT2D eigenvalue weighted by Gasteiger charge is 2.44. The van der Waals surface area contributed by atoms with Crippen LogP contribution in [0.2, 0.25) is 0 Å². The normalized spacial score (nSPS) is 14.8. The average molecular weight is 564 g/mol. The number of nitrogens with zero attached hydrogens (tertiary/aromatic N) is 2. The van der Waals surface area contributed by atoms with E-state index in [1.165, 1.54) is 11.0 Å². The number of hydrogen-bond acceptors (Lipinski definition) is 6. The van der Waals surface area contributed by atoms with Gasteiger partial charge in [0.05, 0.1) is 30.9 Å². The summed E-state index contributed by atoms with van der Waals surface area (Å²) in [5.74, 6) is -0.902. The van der Waals surface area contributed by atoms with Crippen molar-refractivity contribution in [1.29, 1.82) is 0 Å². The molecule has 4 rings (SSSR count). The Morgan fingerprint density at radius 3 is 2.33 bits per heavy atom. The first-order valence-corrected chi connectivity index (χ1v) is 13.4. The van der Waals surface area contributed by atoms with E-state index in [1.807, 2.05) is 6.92 Å². The van der Waals surface area contributed by atoms with Crippen molar-refractivity contribution in [1.82, 2.24) is 4.90 Å². The summed E-state index contributed by atoms with van der Waals surface area (Å²) in [5.41, 5.74) is 1.83. The van der Waals surface area contributed by atoms with E-state index < -0.39 is 12.0 Å². The summed E-state index contributed by atoms with van der Waals surface area (Å²) in [5, 5.41) is 3.02. The second-order valence-corrected chi connectivity index (χ2v) is 9.35. The third-order valence-electron chi connectivity index (χ3n) is 6.36. The summed E-state index contributed by atoms with van der Waals surface area (Å²) in [7, 11) is 0. The predicted molar refractivity (Wildman–Crippen MR) is 154 cm³/mol. The Bertz CT molecular complexity index is 1380. The van der Waals surface area contributed by atoms with E-state index in [-0.39, 0.29) is 48.7 Å². The molecule has 2 amide bonds. The number of nitrogens with one attached hydrogen (secondary N) is 1. The molecule has 208 valence electrons. The van der Waals surface area contributed by atoms with Crippen LogP contribution in [-0.4, -0.2) is 53.6 Å². The third kappa shape index (κ3) is 6.63. The smallest absolute Gasteiger partial charge is 0.338 e. The predicted octanol–water partition coefficient (Wildman–Crippen LogP) is 4.97. The molecule has 8 nitrogen and oxygen atoms in total. The molecule has 0 saturated carbocycles. The van der Waals surface area contributed by atoms with Gasteiger partial charge in [0.1, 0.15) is 17.6 Å². The number of carbonyl (C=O) groups is 3. The lowest BCUT2D eigenvalue weighted by molar-refractivity contribution is -0.124. The van der Waals surface area contributed by atoms with Crippen LogP contribution in [0.25, 0.3) is 0 Å². The fourth-order valence-electron chi connectivity index (χ4n) is 4.42. The molecule has 0 radical (unpaired) electrons. The molecule has 1 saturated heterocycles. The number of rotatable bonds is 11. The van der Waals surface area contributed by atoms with Gasteiger partial charge in [-0.1, -0.05) is 18.2 Å². The van der Waals surface area contributed by atoms with Crippen molar-refractivity contribution in [2.75, 3.05) is 30.0 Å². The molecule has 0 aliphatic carbocycles. The van der Waals surface area contributed by atoms with Crippen LogP contribution in [0.15, 0.2) is 72.8 Å². The molecule has 1 N–H and O–H groups in total. The highest BCUT2D eigenvalue weighted by molar-refractivity contribution is 7.80. The van der Waals surface area contributed by atoms with Gasteiger partial charge < -0.3 is 19.7 Å². The SMILES string of the molecule is CCOC(=O)c1ccc(N2C(=O)C(CC(=O)Nc3ccc(OCC)cc3)N(CCc3ccccc3F)C2=S)cc1. The van der Waals surface area contributed by atoms with E-state index in [9.17, 15) is 18.8 Å². The number of benzene rings is 3. The van der Waals surface area contributed by atoms with Crippen molar-refractivity contribution in [2.45, 2.75) is 32.7 Å². The van der Waals surface area contributed by atoms with Gasteiger partial charge in [-0.25, -0.2) is 9.18 Å². The van der Waals surface area contributed by atoms with E-state index in [2.05, 4.69) is 5.32 Å². The molecule has 0 spiro atoms. The summed E-state index contributed by atoms with van der Waals surface area (Å²) in [6.07, 6.45) is 0.119. The minimum Gasteiger partial charge on any atom is -0.494 e. The number of carbonyl (C=O) groups excluding carboxylic acids is 3. The zero-order valence-corrected chi connectivity index (χ0v) is 23.1. The van der Waals surface area contributed by atoms with Crippen LogP contribution in [0.5, 0.6) is 5.75 Å². The van der Waals surface area contributed by atoms with Crippen molar-refractivity contribution in [3.8, 4) is 5.75 Å². The molecule has 10 heteroatoms. The largest absolute Gasteiger partial charge is 0.494 e. The van der Waals surface area contributed by atoms with Crippen LogP contribution in [0.4, 0.5) is 15.8 Å². The van der Waals surface area contributed by atoms with Gasteiger partial charge in [-0.2, -0.15) is 0 Å². The highest BCUT2D eigenvalue weighted by Crippen LogP contribution is 2.28. The van der Waals surface area contributed by atoms with Crippen molar-refractivity contribution in [2.24, 2.45) is 0 Å². The quantitative estimate of drug-likeness (QED) is 0.260. The van der Waals surface area contributed by atoms with Crippen molar-refractivity contribution in [3.63, 3.8) is 0 Å². The second-order valence-electron chi connectivity index (χ2n) is 8.98. The van der Waals surface area contributed by atoms with E-state index >= 15 is 0 Å². The van der Waals surface area contributed by atoms with Gasteiger partial charge in [0.15, 0.2) is 5.11 Å². The topological polar surface area (TPSA) is 88.2 Å². The Morgan fingerprint density at radius 2 is 1.68 bits per heavy atom. The molecule has 3 aromatic rings. The van der Waals surface area contributed by atoms with Crippen LogP contribution in [0.1, 0.15) is 36.2 Å². The lowest BCUT2D eigenvalue weighted by atomic mass is 10.1. The molecular formula is C30H30FN3O5S. The van der Waals surface area contributed by atoms with E-state index in [4.69, 9.17) is 21.7 Å². The lowest BCUT2D eigenvalue weighted by Crippen LogP contribution is -2.39. The maximum Gasteiger partial charge on any atom is 0.338 e. The number of ether oxygens (including phenoxy) is 2. The molecule has 0 bridgehead atoms. The maximum absolute atomic E-state index is 14.3. The third-order valence-corrected chi connectivity index (χ3v) is 6.78. The average Bonchev–Trinajstić information content (AvgIpc) is 3.17. The van der Waals surface area contributed by atoms with Gasteiger partial charge >= 0.3 is 5.97 Å². The lowest BCUT2D eigenvalue weighted by Gasteiger charge is -2.24.